The lowest BCUT2D eigenvalue weighted by molar-refractivity contribution is 0.359. The lowest BCUT2D eigenvalue weighted by atomic mass is 9.91. The number of benzene rings is 1. The van der Waals surface area contributed by atoms with Gasteiger partial charge in [-0.2, -0.15) is 0 Å². The van der Waals surface area contributed by atoms with Crippen LogP contribution in [0.3, 0.4) is 0 Å². The van der Waals surface area contributed by atoms with E-state index in [1.807, 2.05) is 12.1 Å². The van der Waals surface area contributed by atoms with Crippen molar-refractivity contribution >= 4 is 34.8 Å². The van der Waals surface area contributed by atoms with Crippen LogP contribution < -0.4 is 16.4 Å². The van der Waals surface area contributed by atoms with E-state index in [0.29, 0.717) is 16.6 Å². The molecule has 1 aromatic carbocycles. The zero-order chi connectivity index (χ0) is 17.7. The van der Waals surface area contributed by atoms with E-state index in [4.69, 9.17) is 33.9 Å². The van der Waals surface area contributed by atoms with Crippen LogP contribution in [0.1, 0.15) is 46.5 Å². The Balaban J connectivity index is 2.15. The first-order valence-electron chi connectivity index (χ1n) is 8.53. The fraction of sp³-hybridized carbons (Fsp3) is 0.611. The highest BCUT2D eigenvalue weighted by Crippen LogP contribution is 2.26. The molecule has 0 amide bonds. The number of rotatable bonds is 3. The number of hydrogen-bond donors (Lipinski definition) is 3. The predicted octanol–water partition coefficient (Wildman–Crippen LogP) is 4.67. The lowest BCUT2D eigenvalue weighted by Crippen LogP contribution is -2.51. The number of halogens is 2. The van der Waals surface area contributed by atoms with Crippen molar-refractivity contribution in [2.45, 2.75) is 58.5 Å². The Bertz CT molecular complexity index is 581. The van der Waals surface area contributed by atoms with Gasteiger partial charge < -0.3 is 16.4 Å². The van der Waals surface area contributed by atoms with E-state index in [2.05, 4.69) is 31.4 Å². The summed E-state index contributed by atoms with van der Waals surface area (Å²) in [6.45, 7) is 7.19. The quantitative estimate of drug-likeness (QED) is 0.535. The van der Waals surface area contributed by atoms with Crippen LogP contribution in [-0.2, 0) is 0 Å². The van der Waals surface area contributed by atoms with Gasteiger partial charge in [0.25, 0.3) is 0 Å². The molecule has 134 valence electrons. The molecule has 0 radical (unpaired) electrons. The maximum Gasteiger partial charge on any atom is 0.196 e. The van der Waals surface area contributed by atoms with Crippen LogP contribution >= 0.6 is 23.2 Å². The van der Waals surface area contributed by atoms with Crippen molar-refractivity contribution in [3.8, 4) is 0 Å². The number of guanidine groups is 1. The number of anilines is 1. The van der Waals surface area contributed by atoms with E-state index < -0.39 is 0 Å². The van der Waals surface area contributed by atoms with Gasteiger partial charge in [0.2, 0.25) is 0 Å². The van der Waals surface area contributed by atoms with Gasteiger partial charge in [-0.1, -0.05) is 56.8 Å². The Labute approximate surface area is 155 Å². The minimum Gasteiger partial charge on any atom is -0.352 e. The molecular formula is C18H28Cl2N4. The van der Waals surface area contributed by atoms with Crippen molar-refractivity contribution in [2.24, 2.45) is 16.1 Å². The number of nitrogens with one attached hydrogen (secondary N) is 2. The molecule has 24 heavy (non-hydrogen) atoms. The first-order chi connectivity index (χ1) is 11.2. The van der Waals surface area contributed by atoms with Gasteiger partial charge in [-0.15, -0.1) is 0 Å². The Kier molecular flexibility index (Phi) is 6.79. The Morgan fingerprint density at radius 1 is 1.25 bits per heavy atom. The van der Waals surface area contributed by atoms with Crippen LogP contribution in [0.2, 0.25) is 10.0 Å². The van der Waals surface area contributed by atoms with Crippen molar-refractivity contribution in [1.82, 2.24) is 5.32 Å². The second kappa shape index (κ2) is 8.41. The third-order valence-electron chi connectivity index (χ3n) is 4.04. The summed E-state index contributed by atoms with van der Waals surface area (Å²) in [7, 11) is 0. The summed E-state index contributed by atoms with van der Waals surface area (Å²) in [4.78, 5) is 4.73. The summed E-state index contributed by atoms with van der Waals surface area (Å²) in [5.74, 6) is 0.719. The first kappa shape index (κ1) is 19.4. The zero-order valence-corrected chi connectivity index (χ0v) is 16.2. The molecular weight excluding hydrogens is 343 g/mol. The van der Waals surface area contributed by atoms with E-state index in [9.17, 15) is 0 Å². The fourth-order valence-corrected chi connectivity index (χ4v) is 3.13. The summed E-state index contributed by atoms with van der Waals surface area (Å²) in [6.07, 6.45) is 4.50. The third-order valence-corrected chi connectivity index (χ3v) is 4.59. The minimum absolute atomic E-state index is 0.104. The van der Waals surface area contributed by atoms with Crippen LogP contribution in [-0.4, -0.2) is 24.6 Å². The van der Waals surface area contributed by atoms with E-state index in [0.717, 1.165) is 24.5 Å². The molecule has 1 aliphatic rings. The third kappa shape index (κ3) is 6.15. The maximum atomic E-state index is 6.28. The molecule has 0 aromatic heterocycles. The normalized spacial score (nSPS) is 22.3. The Morgan fingerprint density at radius 3 is 2.58 bits per heavy atom. The zero-order valence-electron chi connectivity index (χ0n) is 14.7. The molecule has 0 unspecified atom stereocenters. The van der Waals surface area contributed by atoms with E-state index in [-0.39, 0.29) is 17.5 Å². The highest BCUT2D eigenvalue weighted by atomic mass is 35.5. The van der Waals surface area contributed by atoms with Crippen LogP contribution in [0.5, 0.6) is 0 Å². The highest BCUT2D eigenvalue weighted by molar-refractivity contribution is 6.36. The molecule has 0 saturated heterocycles. The molecule has 1 saturated carbocycles. The molecule has 4 nitrogen and oxygen atoms in total. The summed E-state index contributed by atoms with van der Waals surface area (Å²) in [6, 6.07) is 5.78. The van der Waals surface area contributed by atoms with Crippen molar-refractivity contribution < 1.29 is 0 Å². The summed E-state index contributed by atoms with van der Waals surface area (Å²) in [5, 5.41) is 7.98. The fourth-order valence-electron chi connectivity index (χ4n) is 2.67. The number of nitrogens with two attached hydrogens (primary N) is 1. The van der Waals surface area contributed by atoms with Crippen LogP contribution in [0, 0.1) is 5.41 Å². The number of aliphatic imine (C=N–C) groups is 1. The van der Waals surface area contributed by atoms with Gasteiger partial charge in [-0.3, -0.25) is 4.99 Å². The number of hydrogen-bond acceptors (Lipinski definition) is 2. The SMILES string of the molecule is CC(C)(C)CN=C(Nc1ccc(Cl)cc1Cl)N[C@H]1CCCC[C@@H]1N. The second-order valence-corrected chi connectivity index (χ2v) is 8.52. The Hall–Kier alpha value is -0.970. The topological polar surface area (TPSA) is 62.4 Å². The molecule has 0 aliphatic heterocycles. The van der Waals surface area contributed by atoms with Crippen LogP contribution in [0.15, 0.2) is 23.2 Å². The van der Waals surface area contributed by atoms with Crippen molar-refractivity contribution in [3.05, 3.63) is 28.2 Å². The van der Waals surface area contributed by atoms with E-state index >= 15 is 0 Å². The smallest absolute Gasteiger partial charge is 0.196 e. The van der Waals surface area contributed by atoms with E-state index in [1.165, 1.54) is 12.8 Å². The van der Waals surface area contributed by atoms with Gasteiger partial charge in [-0.25, -0.2) is 0 Å². The van der Waals surface area contributed by atoms with Gasteiger partial charge in [-0.05, 0) is 36.5 Å². The monoisotopic (exact) mass is 370 g/mol. The van der Waals surface area contributed by atoms with Gasteiger partial charge in [0.15, 0.2) is 5.96 Å². The number of nitrogens with zero attached hydrogens (tertiary/aromatic N) is 1. The average molecular weight is 371 g/mol. The van der Waals surface area contributed by atoms with Gasteiger partial charge in [0.1, 0.15) is 0 Å². The van der Waals surface area contributed by atoms with Crippen molar-refractivity contribution in [1.29, 1.82) is 0 Å². The lowest BCUT2D eigenvalue weighted by Gasteiger charge is -2.31. The first-order valence-corrected chi connectivity index (χ1v) is 9.29. The summed E-state index contributed by atoms with van der Waals surface area (Å²) >= 11 is 12.3. The average Bonchev–Trinajstić information content (AvgIpc) is 2.49. The molecule has 0 heterocycles. The molecule has 2 rings (SSSR count). The molecule has 2 atom stereocenters. The Morgan fingerprint density at radius 2 is 1.96 bits per heavy atom. The molecule has 4 N–H and O–H groups in total. The standard InChI is InChI=1S/C18H28Cl2N4/c1-18(2,3)11-22-17(24-16-7-5-4-6-14(16)21)23-15-9-8-12(19)10-13(15)20/h8-10,14,16H,4-7,11,21H2,1-3H3,(H2,22,23,24)/t14-,16-/m0/s1. The molecule has 0 spiro atoms. The molecule has 6 heteroatoms. The largest absolute Gasteiger partial charge is 0.352 e. The molecule has 1 aliphatic carbocycles. The molecule has 1 fully saturated rings. The molecule has 0 bridgehead atoms. The summed E-state index contributed by atoms with van der Waals surface area (Å²) in [5.41, 5.74) is 7.15. The predicted molar refractivity (Wildman–Crippen MR) is 105 cm³/mol. The molecule has 1 aromatic rings. The van der Waals surface area contributed by atoms with Crippen molar-refractivity contribution in [3.63, 3.8) is 0 Å². The van der Waals surface area contributed by atoms with Gasteiger partial charge in [0, 0.05) is 23.7 Å². The van der Waals surface area contributed by atoms with Crippen LogP contribution in [0.4, 0.5) is 5.69 Å². The summed E-state index contributed by atoms with van der Waals surface area (Å²) < 4.78 is 0. The van der Waals surface area contributed by atoms with Gasteiger partial charge in [0.05, 0.1) is 10.7 Å². The maximum absolute atomic E-state index is 6.28. The van der Waals surface area contributed by atoms with Gasteiger partial charge >= 0.3 is 0 Å². The van der Waals surface area contributed by atoms with E-state index in [1.54, 1.807) is 6.07 Å². The van der Waals surface area contributed by atoms with Crippen molar-refractivity contribution in [2.75, 3.05) is 11.9 Å². The highest BCUT2D eigenvalue weighted by Gasteiger charge is 2.23. The second-order valence-electron chi connectivity index (χ2n) is 7.67. The minimum atomic E-state index is 0.104. The van der Waals surface area contributed by atoms with Crippen LogP contribution in [0.25, 0.3) is 0 Å².